The molecule has 1 aromatic heterocycles. The van der Waals surface area contributed by atoms with Crippen molar-refractivity contribution in [3.8, 4) is 0 Å². The molecular weight excluding hydrogens is 244 g/mol. The van der Waals surface area contributed by atoms with Crippen LogP contribution in [-0.2, 0) is 11.2 Å². The van der Waals surface area contributed by atoms with E-state index >= 15 is 0 Å². The van der Waals surface area contributed by atoms with E-state index in [0.29, 0.717) is 18.9 Å². The normalized spacial score (nSPS) is 29.8. The van der Waals surface area contributed by atoms with Crippen molar-refractivity contribution < 1.29 is 9.90 Å². The first kappa shape index (κ1) is 12.6. The van der Waals surface area contributed by atoms with Gasteiger partial charge in [-0.25, -0.2) is 4.98 Å². The molecule has 2 atom stereocenters. The lowest BCUT2D eigenvalue weighted by atomic mass is 9.82. The van der Waals surface area contributed by atoms with Gasteiger partial charge in [-0.05, 0) is 12.8 Å². The minimum Gasteiger partial charge on any atom is -0.396 e. The van der Waals surface area contributed by atoms with Crippen LogP contribution >= 0.6 is 0 Å². The second-order valence-corrected chi connectivity index (χ2v) is 5.77. The number of aromatic amines is 1. The summed E-state index contributed by atoms with van der Waals surface area (Å²) in [5.74, 6) is 0.485. The highest BCUT2D eigenvalue weighted by Gasteiger charge is 2.50. The molecule has 19 heavy (non-hydrogen) atoms. The highest BCUT2D eigenvalue weighted by Crippen LogP contribution is 2.38. The fraction of sp³-hybridized carbons (Fsp3) is 0.692. The molecular formula is C13H20N4O2. The van der Waals surface area contributed by atoms with Crippen LogP contribution in [0.25, 0.3) is 0 Å². The molecule has 2 unspecified atom stereocenters. The molecule has 2 fully saturated rings. The Morgan fingerprint density at radius 1 is 1.68 bits per heavy atom. The summed E-state index contributed by atoms with van der Waals surface area (Å²) in [6.45, 7) is 5.17. The topological polar surface area (TPSA) is 81.2 Å². The smallest absolute Gasteiger partial charge is 0.228 e. The van der Waals surface area contributed by atoms with E-state index in [1.165, 1.54) is 0 Å². The average molecular weight is 264 g/mol. The van der Waals surface area contributed by atoms with Gasteiger partial charge in [0.05, 0.1) is 25.0 Å². The Kier molecular flexibility index (Phi) is 3.06. The number of carbonyl (C=O) groups is 1. The summed E-state index contributed by atoms with van der Waals surface area (Å²) in [4.78, 5) is 21.4. The number of rotatable bonds is 3. The third-order valence-electron chi connectivity index (χ3n) is 4.60. The minimum absolute atomic E-state index is 0.109. The highest BCUT2D eigenvalue weighted by atomic mass is 16.3. The second-order valence-electron chi connectivity index (χ2n) is 5.77. The highest BCUT2D eigenvalue weighted by molar-refractivity contribution is 5.79. The summed E-state index contributed by atoms with van der Waals surface area (Å²) in [7, 11) is 0. The van der Waals surface area contributed by atoms with Gasteiger partial charge in [0.15, 0.2) is 0 Å². The van der Waals surface area contributed by atoms with E-state index in [0.717, 1.165) is 31.0 Å². The Labute approximate surface area is 112 Å². The van der Waals surface area contributed by atoms with Gasteiger partial charge in [0.2, 0.25) is 5.91 Å². The summed E-state index contributed by atoms with van der Waals surface area (Å²) in [6.07, 6.45) is 1.97. The van der Waals surface area contributed by atoms with Crippen molar-refractivity contribution in [2.75, 3.05) is 32.8 Å². The van der Waals surface area contributed by atoms with Gasteiger partial charge in [0, 0.05) is 37.3 Å². The molecule has 2 aliphatic rings. The Bertz CT molecular complexity index is 487. The molecule has 0 aliphatic carbocycles. The van der Waals surface area contributed by atoms with Crippen molar-refractivity contribution >= 4 is 5.91 Å². The van der Waals surface area contributed by atoms with Gasteiger partial charge in [-0.15, -0.1) is 0 Å². The molecule has 0 bridgehead atoms. The van der Waals surface area contributed by atoms with Crippen molar-refractivity contribution in [2.45, 2.75) is 13.3 Å². The molecule has 1 amide bonds. The lowest BCUT2D eigenvalue weighted by Crippen LogP contribution is -2.38. The summed E-state index contributed by atoms with van der Waals surface area (Å²) in [6, 6.07) is 0. The fourth-order valence-electron chi connectivity index (χ4n) is 3.26. The Morgan fingerprint density at radius 2 is 2.53 bits per heavy atom. The lowest BCUT2D eigenvalue weighted by molar-refractivity contribution is -0.130. The number of carbonyl (C=O) groups excluding carboxylic acids is 1. The Balaban J connectivity index is 1.68. The first-order valence-corrected chi connectivity index (χ1v) is 6.73. The van der Waals surface area contributed by atoms with Gasteiger partial charge in [-0.3, -0.25) is 4.79 Å². The van der Waals surface area contributed by atoms with E-state index in [-0.39, 0.29) is 17.9 Å². The van der Waals surface area contributed by atoms with Crippen molar-refractivity contribution in [1.82, 2.24) is 20.2 Å². The van der Waals surface area contributed by atoms with Gasteiger partial charge in [-0.1, -0.05) is 0 Å². The first-order chi connectivity index (χ1) is 9.14. The van der Waals surface area contributed by atoms with E-state index in [1.54, 1.807) is 6.33 Å². The van der Waals surface area contributed by atoms with Crippen LogP contribution in [0.4, 0.5) is 0 Å². The van der Waals surface area contributed by atoms with E-state index < -0.39 is 0 Å². The third-order valence-corrected chi connectivity index (χ3v) is 4.60. The maximum Gasteiger partial charge on any atom is 0.228 e. The van der Waals surface area contributed by atoms with Crippen LogP contribution in [0.3, 0.4) is 0 Å². The number of hydrogen-bond acceptors (Lipinski definition) is 4. The van der Waals surface area contributed by atoms with E-state index in [2.05, 4.69) is 15.3 Å². The van der Waals surface area contributed by atoms with Crippen LogP contribution in [0, 0.1) is 18.3 Å². The van der Waals surface area contributed by atoms with Crippen LogP contribution in [0.1, 0.15) is 11.4 Å². The Morgan fingerprint density at radius 3 is 3.16 bits per heavy atom. The number of H-pyrrole nitrogens is 1. The largest absolute Gasteiger partial charge is 0.396 e. The molecule has 0 spiro atoms. The zero-order valence-corrected chi connectivity index (χ0v) is 11.1. The number of fused-ring (bicyclic) bond motifs is 1. The van der Waals surface area contributed by atoms with Crippen LogP contribution in [0.5, 0.6) is 0 Å². The quantitative estimate of drug-likeness (QED) is 0.674. The number of aliphatic hydroxyl groups is 1. The van der Waals surface area contributed by atoms with Gasteiger partial charge >= 0.3 is 0 Å². The van der Waals surface area contributed by atoms with E-state index in [1.807, 2.05) is 11.8 Å². The predicted molar refractivity (Wildman–Crippen MR) is 69.5 cm³/mol. The van der Waals surface area contributed by atoms with Crippen molar-refractivity contribution in [3.05, 3.63) is 17.7 Å². The molecule has 0 radical (unpaired) electrons. The summed E-state index contributed by atoms with van der Waals surface area (Å²) in [5, 5.41) is 12.9. The number of imidazole rings is 1. The van der Waals surface area contributed by atoms with Crippen LogP contribution in [-0.4, -0.2) is 58.7 Å². The number of aromatic nitrogens is 2. The number of nitrogens with one attached hydrogen (secondary N) is 2. The van der Waals surface area contributed by atoms with Crippen molar-refractivity contribution in [3.63, 3.8) is 0 Å². The third kappa shape index (κ3) is 2.04. The number of hydrogen-bond donors (Lipinski definition) is 3. The molecule has 3 rings (SSSR count). The predicted octanol–water partition coefficient (Wildman–Crippen LogP) is -0.699. The Hall–Kier alpha value is -1.40. The lowest BCUT2D eigenvalue weighted by Gasteiger charge is -2.25. The van der Waals surface area contributed by atoms with Gasteiger partial charge in [0.25, 0.3) is 0 Å². The van der Waals surface area contributed by atoms with Crippen LogP contribution in [0.15, 0.2) is 6.33 Å². The molecule has 3 heterocycles. The number of amides is 1. The molecule has 2 saturated heterocycles. The minimum atomic E-state index is -0.129. The number of nitrogens with zero attached hydrogens (tertiary/aromatic N) is 2. The first-order valence-electron chi connectivity index (χ1n) is 6.73. The average Bonchev–Trinajstić information content (AvgIpc) is 3.03. The molecule has 6 heteroatoms. The maximum absolute atomic E-state index is 12.3. The number of aliphatic hydroxyl groups excluding tert-OH is 1. The molecule has 3 N–H and O–H groups in total. The molecule has 2 aliphatic heterocycles. The van der Waals surface area contributed by atoms with E-state index in [9.17, 15) is 9.90 Å². The summed E-state index contributed by atoms with van der Waals surface area (Å²) >= 11 is 0. The van der Waals surface area contributed by atoms with Crippen molar-refractivity contribution in [2.24, 2.45) is 11.3 Å². The molecule has 0 aromatic carbocycles. The molecule has 6 nitrogen and oxygen atoms in total. The zero-order valence-electron chi connectivity index (χ0n) is 11.1. The van der Waals surface area contributed by atoms with Crippen LogP contribution in [0.2, 0.25) is 0 Å². The second kappa shape index (κ2) is 4.61. The van der Waals surface area contributed by atoms with E-state index in [4.69, 9.17) is 0 Å². The monoisotopic (exact) mass is 264 g/mol. The van der Waals surface area contributed by atoms with Gasteiger partial charge in [-0.2, -0.15) is 0 Å². The molecule has 0 saturated carbocycles. The zero-order chi connectivity index (χ0) is 13.5. The van der Waals surface area contributed by atoms with Crippen molar-refractivity contribution in [1.29, 1.82) is 0 Å². The summed E-state index contributed by atoms with van der Waals surface area (Å²) in [5.41, 5.74) is 1.64. The van der Waals surface area contributed by atoms with Gasteiger partial charge in [0.1, 0.15) is 0 Å². The maximum atomic E-state index is 12.3. The SMILES string of the molecule is Cc1[nH]cnc1CC(=O)N1CC2CNCC2(CO)C1. The molecule has 104 valence electrons. The summed E-state index contributed by atoms with van der Waals surface area (Å²) < 4.78 is 0. The van der Waals surface area contributed by atoms with Crippen LogP contribution < -0.4 is 5.32 Å². The number of aryl methyl sites for hydroxylation is 1. The standard InChI is InChI=1S/C13H20N4O2/c1-9-11(16-8-15-9)2-12(19)17-4-10-3-14-5-13(10,6-17)7-18/h8,10,14,18H,2-7H2,1H3,(H,15,16). The number of likely N-dealkylation sites (tertiary alicyclic amines) is 1. The van der Waals surface area contributed by atoms with Gasteiger partial charge < -0.3 is 20.3 Å². The molecule has 1 aromatic rings. The fourth-order valence-corrected chi connectivity index (χ4v) is 3.26.